The van der Waals surface area contributed by atoms with Crippen LogP contribution in [0.15, 0.2) is 115 Å². The molecule has 38 heavy (non-hydrogen) atoms. The third-order valence-corrected chi connectivity index (χ3v) is 7.66. The summed E-state index contributed by atoms with van der Waals surface area (Å²) in [5.74, 6) is 0. The fraction of sp³-hybridized carbons (Fsp3) is 0.0833. The van der Waals surface area contributed by atoms with Crippen molar-refractivity contribution in [2.24, 2.45) is 0 Å². The van der Waals surface area contributed by atoms with Gasteiger partial charge in [0.15, 0.2) is 0 Å². The van der Waals surface area contributed by atoms with Crippen LogP contribution in [0, 0.1) is 0 Å². The molecule has 2 aromatic heterocycles. The average molecular weight is 489 g/mol. The van der Waals surface area contributed by atoms with Crippen molar-refractivity contribution in [3.8, 4) is 22.3 Å². The van der Waals surface area contributed by atoms with Crippen molar-refractivity contribution in [2.75, 3.05) is 0 Å². The lowest BCUT2D eigenvalue weighted by Gasteiger charge is -2.13. The lowest BCUT2D eigenvalue weighted by molar-refractivity contribution is 1.13. The summed E-state index contributed by atoms with van der Waals surface area (Å²) in [6.45, 7) is 4.29. The standard InChI is InChI=1S/C36H28N2/c1-3-10-26-21-27(16-15-24(26)4-2)29-17-19-30-31-22-28(25-11-6-5-7-12-25)18-20-34(31)38-35-14-9-8-13-33(35)37-36(38)32(30)23-29/h3,5-23H,4H2,1-2H3/b10-3-. The highest BCUT2D eigenvalue weighted by atomic mass is 15.0. The molecule has 0 atom stereocenters. The zero-order valence-electron chi connectivity index (χ0n) is 21.6. The molecule has 0 unspecified atom stereocenters. The van der Waals surface area contributed by atoms with Crippen LogP contribution in [0.1, 0.15) is 25.0 Å². The number of para-hydroxylation sites is 2. The summed E-state index contributed by atoms with van der Waals surface area (Å²) in [7, 11) is 0. The molecule has 7 rings (SSSR count). The first-order valence-corrected chi connectivity index (χ1v) is 13.3. The molecule has 2 heteroatoms. The van der Waals surface area contributed by atoms with E-state index in [0.717, 1.165) is 23.1 Å². The Bertz CT molecular complexity index is 2010. The Morgan fingerprint density at radius 1 is 0.632 bits per heavy atom. The van der Waals surface area contributed by atoms with E-state index in [1.54, 1.807) is 0 Å². The number of benzene rings is 5. The van der Waals surface area contributed by atoms with Gasteiger partial charge in [-0.2, -0.15) is 0 Å². The summed E-state index contributed by atoms with van der Waals surface area (Å²) in [6, 6.07) is 39.6. The third kappa shape index (κ3) is 3.53. The SMILES string of the molecule is C/C=C\c1cc(-c2ccc3c4cc(-c5ccccc5)ccc4n4c5ccccc5nc4c3c2)ccc1CC. The fourth-order valence-corrected chi connectivity index (χ4v) is 5.78. The van der Waals surface area contributed by atoms with Crippen molar-refractivity contribution in [1.29, 1.82) is 0 Å². The summed E-state index contributed by atoms with van der Waals surface area (Å²) >= 11 is 0. The largest absolute Gasteiger partial charge is 0.292 e. The summed E-state index contributed by atoms with van der Waals surface area (Å²) in [5, 5.41) is 3.63. The molecule has 0 amide bonds. The van der Waals surface area contributed by atoms with Gasteiger partial charge in [0.05, 0.1) is 16.6 Å². The lowest BCUT2D eigenvalue weighted by atomic mass is 9.94. The van der Waals surface area contributed by atoms with Crippen LogP contribution in [0.4, 0.5) is 0 Å². The van der Waals surface area contributed by atoms with Gasteiger partial charge in [-0.3, -0.25) is 4.40 Å². The average Bonchev–Trinajstić information content (AvgIpc) is 3.37. The number of hydrogen-bond acceptors (Lipinski definition) is 1. The van der Waals surface area contributed by atoms with Crippen molar-refractivity contribution < 1.29 is 0 Å². The second-order valence-electron chi connectivity index (χ2n) is 9.88. The molecule has 182 valence electrons. The van der Waals surface area contributed by atoms with Crippen molar-refractivity contribution in [3.63, 3.8) is 0 Å². The van der Waals surface area contributed by atoms with Gasteiger partial charge >= 0.3 is 0 Å². The van der Waals surface area contributed by atoms with E-state index in [4.69, 9.17) is 4.98 Å². The predicted molar refractivity (Wildman–Crippen MR) is 163 cm³/mol. The van der Waals surface area contributed by atoms with E-state index in [1.165, 1.54) is 55.1 Å². The molecule has 0 radical (unpaired) electrons. The number of pyridine rings is 1. The highest BCUT2D eigenvalue weighted by molar-refractivity contribution is 6.15. The Kier molecular flexibility index (Phi) is 5.33. The van der Waals surface area contributed by atoms with Crippen LogP contribution in [0.3, 0.4) is 0 Å². The topological polar surface area (TPSA) is 17.3 Å². The second-order valence-corrected chi connectivity index (χ2v) is 9.88. The number of aryl methyl sites for hydroxylation is 1. The maximum Gasteiger partial charge on any atom is 0.146 e. The lowest BCUT2D eigenvalue weighted by Crippen LogP contribution is -1.93. The van der Waals surface area contributed by atoms with E-state index >= 15 is 0 Å². The number of allylic oxidation sites excluding steroid dienone is 1. The maximum absolute atomic E-state index is 5.13. The zero-order chi connectivity index (χ0) is 25.6. The molecule has 0 fully saturated rings. The number of imidazole rings is 1. The Labute approximate surface area is 222 Å². The molecule has 0 aliphatic heterocycles. The van der Waals surface area contributed by atoms with E-state index in [-0.39, 0.29) is 0 Å². The molecule has 0 N–H and O–H groups in total. The predicted octanol–water partition coefficient (Wildman–Crippen LogP) is 9.72. The van der Waals surface area contributed by atoms with Gasteiger partial charge in [0.25, 0.3) is 0 Å². The highest BCUT2D eigenvalue weighted by Crippen LogP contribution is 2.37. The summed E-state index contributed by atoms with van der Waals surface area (Å²) < 4.78 is 2.33. The van der Waals surface area contributed by atoms with Crippen molar-refractivity contribution in [1.82, 2.24) is 9.38 Å². The normalized spacial score (nSPS) is 11.9. The van der Waals surface area contributed by atoms with Gasteiger partial charge in [0.1, 0.15) is 5.65 Å². The van der Waals surface area contributed by atoms with Crippen molar-refractivity contribution in [2.45, 2.75) is 20.3 Å². The molecule has 2 nitrogen and oxygen atoms in total. The van der Waals surface area contributed by atoms with Gasteiger partial charge < -0.3 is 0 Å². The molecule has 2 heterocycles. The maximum atomic E-state index is 5.13. The van der Waals surface area contributed by atoms with Crippen LogP contribution >= 0.6 is 0 Å². The molecule has 0 aliphatic rings. The molecular formula is C36H28N2. The Morgan fingerprint density at radius 3 is 2.18 bits per heavy atom. The van der Waals surface area contributed by atoms with Crippen LogP contribution in [-0.4, -0.2) is 9.38 Å². The number of nitrogens with zero attached hydrogens (tertiary/aromatic N) is 2. The fourth-order valence-electron chi connectivity index (χ4n) is 5.78. The number of hydrogen-bond donors (Lipinski definition) is 0. The second kappa shape index (κ2) is 9.00. The first kappa shape index (κ1) is 22.5. The van der Waals surface area contributed by atoms with Crippen LogP contribution in [0.25, 0.3) is 66.7 Å². The minimum Gasteiger partial charge on any atom is -0.292 e. The van der Waals surface area contributed by atoms with Crippen LogP contribution in [0.2, 0.25) is 0 Å². The van der Waals surface area contributed by atoms with Crippen LogP contribution < -0.4 is 0 Å². The van der Waals surface area contributed by atoms with E-state index < -0.39 is 0 Å². The molecule has 0 aliphatic carbocycles. The van der Waals surface area contributed by atoms with Gasteiger partial charge in [0, 0.05) is 10.8 Å². The van der Waals surface area contributed by atoms with Gasteiger partial charge in [-0.25, -0.2) is 4.98 Å². The third-order valence-electron chi connectivity index (χ3n) is 7.66. The zero-order valence-corrected chi connectivity index (χ0v) is 21.6. The van der Waals surface area contributed by atoms with Gasteiger partial charge in [-0.05, 0) is 88.5 Å². The van der Waals surface area contributed by atoms with Gasteiger partial charge in [-0.15, -0.1) is 0 Å². The van der Waals surface area contributed by atoms with E-state index in [9.17, 15) is 0 Å². The smallest absolute Gasteiger partial charge is 0.146 e. The monoisotopic (exact) mass is 488 g/mol. The number of aromatic nitrogens is 2. The molecule has 7 aromatic rings. The molecule has 0 saturated carbocycles. The van der Waals surface area contributed by atoms with Crippen molar-refractivity contribution in [3.05, 3.63) is 126 Å². The molecular weight excluding hydrogens is 460 g/mol. The van der Waals surface area contributed by atoms with Gasteiger partial charge in [-0.1, -0.05) is 91.9 Å². The minimum atomic E-state index is 1.00. The van der Waals surface area contributed by atoms with E-state index in [1.807, 2.05) is 0 Å². The van der Waals surface area contributed by atoms with Crippen LogP contribution in [0.5, 0.6) is 0 Å². The minimum absolute atomic E-state index is 1.00. The van der Waals surface area contributed by atoms with Gasteiger partial charge in [0.2, 0.25) is 0 Å². The first-order chi connectivity index (χ1) is 18.7. The summed E-state index contributed by atoms with van der Waals surface area (Å²) in [4.78, 5) is 5.13. The summed E-state index contributed by atoms with van der Waals surface area (Å²) in [5.41, 5.74) is 11.9. The Morgan fingerprint density at radius 2 is 1.34 bits per heavy atom. The first-order valence-electron chi connectivity index (χ1n) is 13.3. The summed E-state index contributed by atoms with van der Waals surface area (Å²) in [6.07, 6.45) is 5.35. The Balaban J connectivity index is 1.56. The van der Waals surface area contributed by atoms with Crippen LogP contribution in [-0.2, 0) is 6.42 Å². The Hall–Kier alpha value is -4.69. The van der Waals surface area contributed by atoms with E-state index in [2.05, 4.69) is 140 Å². The number of fused-ring (bicyclic) bond motifs is 8. The van der Waals surface area contributed by atoms with Crippen molar-refractivity contribution >= 4 is 44.4 Å². The highest BCUT2D eigenvalue weighted by Gasteiger charge is 2.15. The number of rotatable bonds is 4. The van der Waals surface area contributed by atoms with E-state index in [0.29, 0.717) is 0 Å². The molecule has 0 saturated heterocycles. The molecule has 0 bridgehead atoms. The molecule has 5 aromatic carbocycles. The molecule has 0 spiro atoms. The quantitative estimate of drug-likeness (QED) is 0.225.